The van der Waals surface area contributed by atoms with Crippen LogP contribution in [0.5, 0.6) is 0 Å². The summed E-state index contributed by atoms with van der Waals surface area (Å²) in [6.07, 6.45) is 0. The van der Waals surface area contributed by atoms with Crippen molar-refractivity contribution in [1.29, 1.82) is 0 Å². The Kier molecular flexibility index (Phi) is 5.16. The van der Waals surface area contributed by atoms with Crippen molar-refractivity contribution in [3.05, 3.63) is 57.7 Å². The van der Waals surface area contributed by atoms with Gasteiger partial charge < -0.3 is 4.42 Å². The van der Waals surface area contributed by atoms with Crippen molar-refractivity contribution >= 4 is 34.4 Å². The lowest BCUT2D eigenvalue weighted by Crippen LogP contribution is -2.10. The molecule has 0 aliphatic carbocycles. The molecule has 0 N–H and O–H groups in total. The molecule has 0 spiro atoms. The number of thioether (sulfide) groups is 1. The predicted octanol–water partition coefficient (Wildman–Crippen LogP) is 6.51. The lowest BCUT2D eigenvalue weighted by atomic mass is 9.87. The number of thiophene rings is 1. The normalized spacial score (nSPS) is 11.8. The minimum absolute atomic E-state index is 0.129. The number of nitrogens with zero attached hydrogens (tertiary/aromatic N) is 3. The van der Waals surface area contributed by atoms with Crippen LogP contribution in [0.2, 0.25) is 0 Å². The van der Waals surface area contributed by atoms with Crippen LogP contribution < -0.4 is 0 Å². The van der Waals surface area contributed by atoms with Crippen LogP contribution in [-0.2, 0) is 11.2 Å². The van der Waals surface area contributed by atoms with Gasteiger partial charge in [-0.2, -0.15) is 11.3 Å². The molecular formula is C20H19N3OS3. The van der Waals surface area contributed by atoms with Gasteiger partial charge in [0, 0.05) is 27.6 Å². The van der Waals surface area contributed by atoms with E-state index in [1.54, 1.807) is 22.7 Å². The molecule has 4 rings (SSSR count). The van der Waals surface area contributed by atoms with E-state index >= 15 is 0 Å². The smallest absolute Gasteiger partial charge is 0.277 e. The van der Waals surface area contributed by atoms with E-state index in [4.69, 9.17) is 4.42 Å². The summed E-state index contributed by atoms with van der Waals surface area (Å²) in [6.45, 7) is 6.60. The molecule has 3 aromatic heterocycles. The zero-order valence-electron chi connectivity index (χ0n) is 15.3. The zero-order valence-corrected chi connectivity index (χ0v) is 17.8. The Morgan fingerprint density at radius 3 is 2.52 bits per heavy atom. The quantitative estimate of drug-likeness (QED) is 0.349. The van der Waals surface area contributed by atoms with Gasteiger partial charge in [0.15, 0.2) is 0 Å². The maximum atomic E-state index is 5.81. The van der Waals surface area contributed by atoms with Crippen LogP contribution in [0.25, 0.3) is 22.0 Å². The molecule has 0 atom stereocenters. The number of rotatable bonds is 5. The fraction of sp³-hybridized carbons (Fsp3) is 0.250. The number of hydrogen-bond donors (Lipinski definition) is 0. The van der Waals surface area contributed by atoms with Gasteiger partial charge in [-0.05, 0) is 34.6 Å². The fourth-order valence-electron chi connectivity index (χ4n) is 2.53. The summed E-state index contributed by atoms with van der Waals surface area (Å²) in [4.78, 5) is 4.68. The standard InChI is InChI=1S/C20H19N3OS3/c1-20(2,3)15-6-4-13(5-7-15)17-22-23-19(24-17)27-12-16-11-26-18(21-16)14-8-9-25-10-14/h4-11H,12H2,1-3H3. The van der Waals surface area contributed by atoms with Gasteiger partial charge in [0.1, 0.15) is 5.01 Å². The van der Waals surface area contributed by atoms with Crippen LogP contribution in [0.3, 0.4) is 0 Å². The average molecular weight is 414 g/mol. The molecule has 1 aromatic carbocycles. The molecule has 0 aliphatic rings. The average Bonchev–Trinajstić information content (AvgIpc) is 3.39. The monoisotopic (exact) mass is 413 g/mol. The zero-order chi connectivity index (χ0) is 18.9. The van der Waals surface area contributed by atoms with E-state index in [1.807, 2.05) is 12.1 Å². The SMILES string of the molecule is CC(C)(C)c1ccc(-c2nnc(SCc3csc(-c4ccsc4)n3)o2)cc1. The first-order valence-corrected chi connectivity index (χ1v) is 11.3. The highest BCUT2D eigenvalue weighted by Crippen LogP contribution is 2.30. The van der Waals surface area contributed by atoms with Crippen molar-refractivity contribution in [1.82, 2.24) is 15.2 Å². The molecule has 0 radical (unpaired) electrons. The van der Waals surface area contributed by atoms with Gasteiger partial charge in [-0.15, -0.1) is 21.5 Å². The van der Waals surface area contributed by atoms with E-state index in [1.165, 1.54) is 22.9 Å². The van der Waals surface area contributed by atoms with Gasteiger partial charge in [-0.3, -0.25) is 0 Å². The van der Waals surface area contributed by atoms with Gasteiger partial charge >= 0.3 is 0 Å². The van der Waals surface area contributed by atoms with Gasteiger partial charge in [0.05, 0.1) is 5.69 Å². The molecule has 0 unspecified atom stereocenters. The minimum atomic E-state index is 0.129. The maximum absolute atomic E-state index is 5.81. The number of benzene rings is 1. The summed E-state index contributed by atoms with van der Waals surface area (Å²) in [6, 6.07) is 10.4. The molecule has 27 heavy (non-hydrogen) atoms. The molecule has 4 aromatic rings. The van der Waals surface area contributed by atoms with E-state index in [9.17, 15) is 0 Å². The van der Waals surface area contributed by atoms with Crippen LogP contribution >= 0.6 is 34.4 Å². The maximum Gasteiger partial charge on any atom is 0.277 e. The van der Waals surface area contributed by atoms with Crippen LogP contribution in [-0.4, -0.2) is 15.2 Å². The lowest BCUT2D eigenvalue weighted by Gasteiger charge is -2.18. The van der Waals surface area contributed by atoms with Gasteiger partial charge in [0.2, 0.25) is 5.89 Å². The molecule has 138 valence electrons. The molecule has 0 bridgehead atoms. The summed E-state index contributed by atoms with van der Waals surface area (Å²) < 4.78 is 5.81. The van der Waals surface area contributed by atoms with Gasteiger partial charge in [-0.25, -0.2) is 4.98 Å². The highest BCUT2D eigenvalue weighted by molar-refractivity contribution is 7.98. The molecule has 7 heteroatoms. The lowest BCUT2D eigenvalue weighted by molar-refractivity contribution is 0.465. The molecular weight excluding hydrogens is 394 g/mol. The first kappa shape index (κ1) is 18.4. The molecule has 0 fully saturated rings. The summed E-state index contributed by atoms with van der Waals surface area (Å²) in [5.41, 5.74) is 4.56. The van der Waals surface area contributed by atoms with Crippen molar-refractivity contribution in [2.24, 2.45) is 0 Å². The fourth-order valence-corrected chi connectivity index (χ4v) is 4.82. The third kappa shape index (κ3) is 4.31. The Balaban J connectivity index is 1.41. The van der Waals surface area contributed by atoms with Gasteiger partial charge in [0.25, 0.3) is 5.22 Å². The third-order valence-electron chi connectivity index (χ3n) is 4.07. The van der Waals surface area contributed by atoms with E-state index < -0.39 is 0 Å². The van der Waals surface area contributed by atoms with Crippen LogP contribution in [0.1, 0.15) is 32.0 Å². The van der Waals surface area contributed by atoms with E-state index in [2.05, 4.69) is 70.3 Å². The van der Waals surface area contributed by atoms with Crippen LogP contribution in [0, 0.1) is 0 Å². The van der Waals surface area contributed by atoms with Crippen molar-refractivity contribution in [2.75, 3.05) is 0 Å². The van der Waals surface area contributed by atoms with E-state index in [0.29, 0.717) is 16.9 Å². The topological polar surface area (TPSA) is 51.8 Å². The van der Waals surface area contributed by atoms with Gasteiger partial charge in [-0.1, -0.05) is 44.7 Å². The van der Waals surface area contributed by atoms with E-state index in [0.717, 1.165) is 16.3 Å². The van der Waals surface area contributed by atoms with E-state index in [-0.39, 0.29) is 5.41 Å². The third-order valence-corrected chi connectivity index (χ3v) is 6.54. The first-order valence-electron chi connectivity index (χ1n) is 8.53. The molecule has 0 saturated heterocycles. The minimum Gasteiger partial charge on any atom is -0.411 e. The molecule has 0 aliphatic heterocycles. The first-order chi connectivity index (χ1) is 13.0. The second-order valence-corrected chi connectivity index (χ2v) is 9.71. The molecule has 4 nitrogen and oxygen atoms in total. The van der Waals surface area contributed by atoms with Crippen molar-refractivity contribution in [3.8, 4) is 22.0 Å². The Labute approximate surface area is 170 Å². The number of hydrogen-bond acceptors (Lipinski definition) is 7. The Morgan fingerprint density at radius 2 is 1.81 bits per heavy atom. The number of aromatic nitrogens is 3. The Morgan fingerprint density at radius 1 is 1.00 bits per heavy atom. The van der Waals surface area contributed by atoms with Crippen LogP contribution in [0.15, 0.2) is 56.1 Å². The Bertz CT molecular complexity index is 1010. The number of thiazole rings is 1. The summed E-state index contributed by atoms with van der Waals surface area (Å²) in [5, 5.41) is 16.2. The summed E-state index contributed by atoms with van der Waals surface area (Å²) in [7, 11) is 0. The highest BCUT2D eigenvalue weighted by atomic mass is 32.2. The Hall–Kier alpha value is -1.96. The predicted molar refractivity (Wildman–Crippen MR) is 113 cm³/mol. The molecule has 0 amide bonds. The second kappa shape index (κ2) is 7.58. The van der Waals surface area contributed by atoms with Crippen molar-refractivity contribution < 1.29 is 4.42 Å². The molecule has 0 saturated carbocycles. The second-order valence-electron chi connectivity index (χ2n) is 7.15. The largest absolute Gasteiger partial charge is 0.411 e. The summed E-state index contributed by atoms with van der Waals surface area (Å²) >= 11 is 4.86. The summed E-state index contributed by atoms with van der Waals surface area (Å²) in [5.74, 6) is 1.26. The highest BCUT2D eigenvalue weighted by Gasteiger charge is 2.15. The van der Waals surface area contributed by atoms with Crippen molar-refractivity contribution in [2.45, 2.75) is 37.2 Å². The van der Waals surface area contributed by atoms with Crippen molar-refractivity contribution in [3.63, 3.8) is 0 Å². The van der Waals surface area contributed by atoms with Crippen LogP contribution in [0.4, 0.5) is 0 Å². The molecule has 3 heterocycles.